The molecule has 0 unspecified atom stereocenters. The van der Waals surface area contributed by atoms with Gasteiger partial charge in [0.2, 0.25) is 5.91 Å². The van der Waals surface area contributed by atoms with Gasteiger partial charge in [0.25, 0.3) is 0 Å². The van der Waals surface area contributed by atoms with Crippen molar-refractivity contribution in [3.63, 3.8) is 0 Å². The van der Waals surface area contributed by atoms with E-state index in [1.807, 2.05) is 20.8 Å². The molecule has 0 saturated heterocycles. The van der Waals surface area contributed by atoms with Gasteiger partial charge in [-0.15, -0.1) is 0 Å². The molecule has 7 nitrogen and oxygen atoms in total. The molecule has 0 aromatic heterocycles. The van der Waals surface area contributed by atoms with Crippen LogP contribution in [0, 0.1) is 10.1 Å². The summed E-state index contributed by atoms with van der Waals surface area (Å²) in [5.74, 6) is -0.221. The van der Waals surface area contributed by atoms with Crippen LogP contribution in [-0.2, 0) is 4.79 Å². The molecule has 3 N–H and O–H groups in total. The number of hydrogen-bond acceptors (Lipinski definition) is 5. The molecule has 0 aliphatic heterocycles. The number of nitrogens with one attached hydrogen (secondary N) is 3. The predicted octanol–water partition coefficient (Wildman–Crippen LogP) is 1.96. The van der Waals surface area contributed by atoms with Gasteiger partial charge in [-0.25, -0.2) is 0 Å². The zero-order chi connectivity index (χ0) is 15.3. The number of nitro groups is 1. The van der Waals surface area contributed by atoms with Gasteiger partial charge in [0, 0.05) is 12.6 Å². The Morgan fingerprint density at radius 1 is 1.30 bits per heavy atom. The van der Waals surface area contributed by atoms with Gasteiger partial charge >= 0.3 is 5.69 Å². The third kappa shape index (κ3) is 4.42. The van der Waals surface area contributed by atoms with E-state index in [1.165, 1.54) is 0 Å². The summed E-state index contributed by atoms with van der Waals surface area (Å²) in [4.78, 5) is 22.3. The standard InChI is InChI=1S/C13H20N4O3/c1-13(2,3)16-11(18)8-15-10-7-5-6-9(14-4)12(10)17(19)20/h5-7,14-15H,8H2,1-4H3,(H,16,18). The van der Waals surface area contributed by atoms with Crippen molar-refractivity contribution in [2.45, 2.75) is 26.3 Å². The van der Waals surface area contributed by atoms with E-state index in [0.717, 1.165) is 0 Å². The normalized spacial score (nSPS) is 10.8. The number of nitrogens with zero attached hydrogens (tertiary/aromatic N) is 1. The molecule has 0 atom stereocenters. The van der Waals surface area contributed by atoms with E-state index >= 15 is 0 Å². The van der Waals surface area contributed by atoms with Crippen LogP contribution in [0.15, 0.2) is 18.2 Å². The molecular formula is C13H20N4O3. The Morgan fingerprint density at radius 2 is 1.90 bits per heavy atom. The number of carbonyl (C=O) groups excluding carboxylic acids is 1. The van der Waals surface area contributed by atoms with E-state index < -0.39 is 4.92 Å². The maximum Gasteiger partial charge on any atom is 0.315 e. The lowest BCUT2D eigenvalue weighted by Gasteiger charge is -2.20. The summed E-state index contributed by atoms with van der Waals surface area (Å²) < 4.78 is 0. The Kier molecular flexibility index (Phi) is 4.90. The summed E-state index contributed by atoms with van der Waals surface area (Å²) in [6.45, 7) is 5.59. The van der Waals surface area contributed by atoms with Crippen molar-refractivity contribution in [2.75, 3.05) is 24.2 Å². The summed E-state index contributed by atoms with van der Waals surface area (Å²) in [7, 11) is 1.61. The summed E-state index contributed by atoms with van der Waals surface area (Å²) >= 11 is 0. The monoisotopic (exact) mass is 280 g/mol. The van der Waals surface area contributed by atoms with Crippen molar-refractivity contribution in [3.8, 4) is 0 Å². The number of rotatable bonds is 5. The molecule has 110 valence electrons. The third-order valence-electron chi connectivity index (χ3n) is 2.44. The van der Waals surface area contributed by atoms with Crippen molar-refractivity contribution >= 4 is 23.0 Å². The van der Waals surface area contributed by atoms with Gasteiger partial charge < -0.3 is 16.0 Å². The molecule has 0 aliphatic rings. The second-order valence-corrected chi connectivity index (χ2v) is 5.36. The largest absolute Gasteiger partial charge is 0.382 e. The maximum atomic E-state index is 11.7. The molecule has 20 heavy (non-hydrogen) atoms. The molecule has 1 aromatic rings. The van der Waals surface area contributed by atoms with Gasteiger partial charge in [-0.2, -0.15) is 0 Å². The zero-order valence-electron chi connectivity index (χ0n) is 12.1. The van der Waals surface area contributed by atoms with E-state index in [2.05, 4.69) is 16.0 Å². The van der Waals surface area contributed by atoms with Crippen LogP contribution < -0.4 is 16.0 Å². The summed E-state index contributed by atoms with van der Waals surface area (Å²) in [6, 6.07) is 4.87. The van der Waals surface area contributed by atoms with Crippen LogP contribution in [0.1, 0.15) is 20.8 Å². The highest BCUT2D eigenvalue weighted by atomic mass is 16.6. The predicted molar refractivity (Wildman–Crippen MR) is 79.0 cm³/mol. The topological polar surface area (TPSA) is 96.3 Å². The SMILES string of the molecule is CNc1cccc(NCC(=O)NC(C)(C)C)c1[N+](=O)[O-]. The lowest BCUT2D eigenvalue weighted by atomic mass is 10.1. The average Bonchev–Trinajstić information content (AvgIpc) is 2.33. The first-order valence-corrected chi connectivity index (χ1v) is 6.24. The number of anilines is 2. The Labute approximate surface area is 117 Å². The molecule has 1 amide bonds. The van der Waals surface area contributed by atoms with Gasteiger partial charge in [0.1, 0.15) is 11.4 Å². The lowest BCUT2D eigenvalue weighted by Crippen LogP contribution is -2.43. The quantitative estimate of drug-likeness (QED) is 0.566. The molecule has 0 radical (unpaired) electrons. The van der Waals surface area contributed by atoms with E-state index in [-0.39, 0.29) is 23.7 Å². The van der Waals surface area contributed by atoms with Crippen molar-refractivity contribution in [2.24, 2.45) is 0 Å². The molecule has 0 bridgehead atoms. The Hall–Kier alpha value is -2.31. The number of amides is 1. The molecule has 1 rings (SSSR count). The second-order valence-electron chi connectivity index (χ2n) is 5.36. The van der Waals surface area contributed by atoms with Crippen molar-refractivity contribution in [3.05, 3.63) is 28.3 Å². The minimum atomic E-state index is -0.476. The smallest absolute Gasteiger partial charge is 0.315 e. The molecular weight excluding hydrogens is 260 g/mol. The maximum absolute atomic E-state index is 11.7. The number of benzene rings is 1. The van der Waals surface area contributed by atoms with E-state index in [0.29, 0.717) is 11.4 Å². The lowest BCUT2D eigenvalue weighted by molar-refractivity contribution is -0.383. The van der Waals surface area contributed by atoms with Crippen LogP contribution in [0.4, 0.5) is 17.1 Å². The highest BCUT2D eigenvalue weighted by Gasteiger charge is 2.20. The Bertz CT molecular complexity index is 509. The fourth-order valence-electron chi connectivity index (χ4n) is 1.72. The third-order valence-corrected chi connectivity index (χ3v) is 2.44. The van der Waals surface area contributed by atoms with E-state index in [1.54, 1.807) is 25.2 Å². The average molecular weight is 280 g/mol. The van der Waals surface area contributed by atoms with Gasteiger partial charge in [-0.05, 0) is 32.9 Å². The summed E-state index contributed by atoms with van der Waals surface area (Å²) in [5.41, 5.74) is 0.304. The molecule has 0 aliphatic carbocycles. The number of para-hydroxylation sites is 1. The van der Waals surface area contributed by atoms with Gasteiger partial charge in [0.05, 0.1) is 11.5 Å². The van der Waals surface area contributed by atoms with E-state index in [4.69, 9.17) is 0 Å². The minimum Gasteiger partial charge on any atom is -0.382 e. The fourth-order valence-corrected chi connectivity index (χ4v) is 1.72. The van der Waals surface area contributed by atoms with E-state index in [9.17, 15) is 14.9 Å². The van der Waals surface area contributed by atoms with Gasteiger partial charge in [-0.3, -0.25) is 14.9 Å². The second kappa shape index (κ2) is 6.23. The molecule has 1 aromatic carbocycles. The first kappa shape index (κ1) is 15.7. The highest BCUT2D eigenvalue weighted by Crippen LogP contribution is 2.32. The molecule has 0 heterocycles. The van der Waals surface area contributed by atoms with Crippen molar-refractivity contribution < 1.29 is 9.72 Å². The first-order chi connectivity index (χ1) is 9.24. The van der Waals surface area contributed by atoms with Crippen LogP contribution >= 0.6 is 0 Å². The minimum absolute atomic E-state index is 0.0225. The zero-order valence-corrected chi connectivity index (χ0v) is 12.1. The fraction of sp³-hybridized carbons (Fsp3) is 0.462. The van der Waals surface area contributed by atoms with Gasteiger partial charge in [-0.1, -0.05) is 6.07 Å². The van der Waals surface area contributed by atoms with Crippen molar-refractivity contribution in [1.82, 2.24) is 5.32 Å². The molecule has 0 fully saturated rings. The van der Waals surface area contributed by atoms with Crippen LogP contribution in [0.2, 0.25) is 0 Å². The molecule has 7 heteroatoms. The summed E-state index contributed by atoms with van der Waals surface area (Å²) in [5, 5.41) is 19.4. The number of hydrogen-bond donors (Lipinski definition) is 3. The Morgan fingerprint density at radius 3 is 2.40 bits per heavy atom. The summed E-state index contributed by atoms with van der Waals surface area (Å²) in [6.07, 6.45) is 0. The van der Waals surface area contributed by atoms with Crippen LogP contribution in [0.25, 0.3) is 0 Å². The number of carbonyl (C=O) groups is 1. The first-order valence-electron chi connectivity index (χ1n) is 6.24. The van der Waals surface area contributed by atoms with Crippen molar-refractivity contribution in [1.29, 1.82) is 0 Å². The molecule has 0 spiro atoms. The van der Waals surface area contributed by atoms with Crippen LogP contribution in [-0.4, -0.2) is 30.0 Å². The highest BCUT2D eigenvalue weighted by molar-refractivity contribution is 5.84. The Balaban J connectivity index is 2.83. The van der Waals surface area contributed by atoms with Gasteiger partial charge in [0.15, 0.2) is 0 Å². The van der Waals surface area contributed by atoms with Crippen LogP contribution in [0.3, 0.4) is 0 Å². The molecule has 0 saturated carbocycles. The number of nitro benzene ring substituents is 1. The van der Waals surface area contributed by atoms with Crippen LogP contribution in [0.5, 0.6) is 0 Å².